The molecular weight excluding hydrogens is 196 g/mol. The van der Waals surface area contributed by atoms with Crippen molar-refractivity contribution in [2.24, 2.45) is 0 Å². The fraction of sp³-hybridized carbons (Fsp3) is 0.429. The lowest BCUT2D eigenvalue weighted by molar-refractivity contribution is 0.369. The molecule has 0 saturated heterocycles. The van der Waals surface area contributed by atoms with E-state index in [-0.39, 0.29) is 0 Å². The van der Waals surface area contributed by atoms with Crippen molar-refractivity contribution in [3.8, 4) is 12.3 Å². The van der Waals surface area contributed by atoms with Gasteiger partial charge in [0, 0.05) is 6.54 Å². The number of hydrogen-bond donors (Lipinski definition) is 1. The molecule has 0 spiro atoms. The van der Waals surface area contributed by atoms with E-state index in [1.165, 1.54) is 11.1 Å². The zero-order valence-corrected chi connectivity index (χ0v) is 10.2. The van der Waals surface area contributed by atoms with Crippen LogP contribution in [0.1, 0.15) is 11.1 Å². The van der Waals surface area contributed by atoms with Crippen LogP contribution in [0.15, 0.2) is 24.3 Å². The summed E-state index contributed by atoms with van der Waals surface area (Å²) in [6.45, 7) is 2.63. The van der Waals surface area contributed by atoms with E-state index < -0.39 is 0 Å². The van der Waals surface area contributed by atoms with Gasteiger partial charge in [-0.15, -0.1) is 6.42 Å². The Labute approximate surface area is 98.7 Å². The minimum Gasteiger partial charge on any atom is -0.319 e. The first-order chi connectivity index (χ1) is 7.76. The van der Waals surface area contributed by atoms with Gasteiger partial charge in [0.15, 0.2) is 0 Å². The van der Waals surface area contributed by atoms with Crippen molar-refractivity contribution in [2.75, 3.05) is 27.2 Å². The van der Waals surface area contributed by atoms with Crippen LogP contribution < -0.4 is 5.32 Å². The zero-order chi connectivity index (χ0) is 11.8. The third-order valence-corrected chi connectivity index (χ3v) is 2.50. The molecule has 1 rings (SSSR count). The highest BCUT2D eigenvalue weighted by Gasteiger charge is 1.98. The summed E-state index contributed by atoms with van der Waals surface area (Å²) in [6, 6.07) is 8.74. The van der Waals surface area contributed by atoms with Crippen LogP contribution in [-0.4, -0.2) is 32.1 Å². The Balaban J connectivity index is 2.48. The number of rotatable bonds is 6. The van der Waals surface area contributed by atoms with Gasteiger partial charge in [0.1, 0.15) is 0 Å². The van der Waals surface area contributed by atoms with E-state index in [4.69, 9.17) is 6.42 Å². The minimum absolute atomic E-state index is 0.696. The van der Waals surface area contributed by atoms with Gasteiger partial charge in [0.05, 0.1) is 6.54 Å². The SMILES string of the molecule is C#CCN(C)Cc1ccc(CCNC)cc1. The van der Waals surface area contributed by atoms with Crippen molar-refractivity contribution in [1.29, 1.82) is 0 Å². The molecule has 0 amide bonds. The van der Waals surface area contributed by atoms with Crippen LogP contribution in [0.2, 0.25) is 0 Å². The fourth-order valence-corrected chi connectivity index (χ4v) is 1.60. The number of terminal acetylenes is 1. The molecule has 86 valence electrons. The van der Waals surface area contributed by atoms with Crippen LogP contribution in [0.4, 0.5) is 0 Å². The molecule has 1 N–H and O–H groups in total. The molecule has 0 unspecified atom stereocenters. The molecule has 0 saturated carbocycles. The number of likely N-dealkylation sites (N-methyl/N-ethyl adjacent to an activating group) is 1. The van der Waals surface area contributed by atoms with Crippen molar-refractivity contribution in [1.82, 2.24) is 10.2 Å². The predicted octanol–water partition coefficient (Wildman–Crippen LogP) is 1.51. The van der Waals surface area contributed by atoms with E-state index in [0.717, 1.165) is 19.5 Å². The van der Waals surface area contributed by atoms with Crippen molar-refractivity contribution in [3.63, 3.8) is 0 Å². The summed E-state index contributed by atoms with van der Waals surface area (Å²) in [7, 11) is 4.01. The quantitative estimate of drug-likeness (QED) is 0.725. The summed E-state index contributed by atoms with van der Waals surface area (Å²) in [5, 5.41) is 3.15. The first-order valence-corrected chi connectivity index (χ1v) is 5.60. The smallest absolute Gasteiger partial charge is 0.0599 e. The molecule has 2 heteroatoms. The van der Waals surface area contributed by atoms with E-state index in [1.807, 2.05) is 14.1 Å². The third-order valence-electron chi connectivity index (χ3n) is 2.50. The van der Waals surface area contributed by atoms with Crippen molar-refractivity contribution in [3.05, 3.63) is 35.4 Å². The second-order valence-corrected chi connectivity index (χ2v) is 4.05. The Morgan fingerprint density at radius 1 is 1.25 bits per heavy atom. The number of nitrogens with one attached hydrogen (secondary N) is 1. The normalized spacial score (nSPS) is 10.4. The van der Waals surface area contributed by atoms with Crippen LogP contribution in [0.25, 0.3) is 0 Å². The average Bonchev–Trinajstić information content (AvgIpc) is 2.28. The highest BCUT2D eigenvalue weighted by atomic mass is 15.1. The van der Waals surface area contributed by atoms with Crippen LogP contribution in [-0.2, 0) is 13.0 Å². The first-order valence-electron chi connectivity index (χ1n) is 5.60. The summed E-state index contributed by atoms with van der Waals surface area (Å²) in [4.78, 5) is 2.13. The maximum atomic E-state index is 5.26. The lowest BCUT2D eigenvalue weighted by atomic mass is 10.1. The molecule has 0 fully saturated rings. The topological polar surface area (TPSA) is 15.3 Å². The molecule has 0 radical (unpaired) electrons. The lowest BCUT2D eigenvalue weighted by Gasteiger charge is -2.13. The van der Waals surface area contributed by atoms with E-state index >= 15 is 0 Å². The first kappa shape index (κ1) is 12.8. The molecular formula is C14H20N2. The Morgan fingerprint density at radius 2 is 1.88 bits per heavy atom. The largest absolute Gasteiger partial charge is 0.319 e. The van der Waals surface area contributed by atoms with Crippen LogP contribution >= 0.6 is 0 Å². The van der Waals surface area contributed by atoms with Gasteiger partial charge in [-0.1, -0.05) is 30.2 Å². The maximum Gasteiger partial charge on any atom is 0.0599 e. The van der Waals surface area contributed by atoms with Crippen molar-refractivity contribution >= 4 is 0 Å². The van der Waals surface area contributed by atoms with Crippen molar-refractivity contribution in [2.45, 2.75) is 13.0 Å². The Kier molecular flexibility index (Phi) is 5.63. The molecule has 0 heterocycles. The highest BCUT2D eigenvalue weighted by Crippen LogP contribution is 2.06. The second-order valence-electron chi connectivity index (χ2n) is 4.05. The molecule has 0 aromatic heterocycles. The number of hydrogen-bond acceptors (Lipinski definition) is 2. The summed E-state index contributed by atoms with van der Waals surface area (Å²) >= 11 is 0. The monoisotopic (exact) mass is 216 g/mol. The Bertz CT molecular complexity index is 335. The summed E-state index contributed by atoms with van der Waals surface area (Å²) in [5.74, 6) is 2.64. The fourth-order valence-electron chi connectivity index (χ4n) is 1.60. The molecule has 0 aliphatic carbocycles. The summed E-state index contributed by atoms with van der Waals surface area (Å²) in [6.07, 6.45) is 6.34. The van der Waals surface area contributed by atoms with Crippen LogP contribution in [0, 0.1) is 12.3 Å². The zero-order valence-electron chi connectivity index (χ0n) is 10.2. The van der Waals surface area contributed by atoms with Gasteiger partial charge in [-0.2, -0.15) is 0 Å². The van der Waals surface area contributed by atoms with E-state index in [0.29, 0.717) is 6.54 Å². The summed E-state index contributed by atoms with van der Waals surface area (Å²) < 4.78 is 0. The van der Waals surface area contributed by atoms with Gasteiger partial charge >= 0.3 is 0 Å². The van der Waals surface area contributed by atoms with Crippen molar-refractivity contribution < 1.29 is 0 Å². The molecule has 0 bridgehead atoms. The molecule has 1 aromatic rings. The second kappa shape index (κ2) is 7.05. The Morgan fingerprint density at radius 3 is 2.44 bits per heavy atom. The number of benzene rings is 1. The Hall–Kier alpha value is -1.30. The molecule has 2 nitrogen and oxygen atoms in total. The molecule has 0 atom stereocenters. The van der Waals surface area contributed by atoms with Crippen LogP contribution in [0.3, 0.4) is 0 Å². The maximum absolute atomic E-state index is 5.26. The molecule has 0 aliphatic rings. The molecule has 16 heavy (non-hydrogen) atoms. The number of nitrogens with zero attached hydrogens (tertiary/aromatic N) is 1. The molecule has 0 aliphatic heterocycles. The predicted molar refractivity (Wildman–Crippen MR) is 69.2 cm³/mol. The lowest BCUT2D eigenvalue weighted by Crippen LogP contribution is -2.17. The van der Waals surface area contributed by atoms with Gasteiger partial charge < -0.3 is 5.32 Å². The third kappa shape index (κ3) is 4.48. The standard InChI is InChI=1S/C14H20N2/c1-4-11-16(3)12-14-7-5-13(6-8-14)9-10-15-2/h1,5-8,15H,9-12H2,2-3H3. The highest BCUT2D eigenvalue weighted by molar-refractivity contribution is 5.22. The summed E-state index contributed by atoms with van der Waals surface area (Å²) in [5.41, 5.74) is 2.68. The van der Waals surface area contributed by atoms with Crippen LogP contribution in [0.5, 0.6) is 0 Å². The van der Waals surface area contributed by atoms with Gasteiger partial charge in [0.25, 0.3) is 0 Å². The van der Waals surface area contributed by atoms with Gasteiger partial charge in [-0.25, -0.2) is 0 Å². The van der Waals surface area contributed by atoms with E-state index in [9.17, 15) is 0 Å². The minimum atomic E-state index is 0.696. The average molecular weight is 216 g/mol. The van der Waals surface area contributed by atoms with Gasteiger partial charge in [-0.3, -0.25) is 4.90 Å². The van der Waals surface area contributed by atoms with Gasteiger partial charge in [-0.05, 0) is 38.2 Å². The molecule has 1 aromatic carbocycles. The van der Waals surface area contributed by atoms with E-state index in [1.54, 1.807) is 0 Å². The van der Waals surface area contributed by atoms with E-state index in [2.05, 4.69) is 40.4 Å². The van der Waals surface area contributed by atoms with Gasteiger partial charge in [0.2, 0.25) is 0 Å².